The van der Waals surface area contributed by atoms with Crippen LogP contribution < -0.4 is 20.1 Å². The minimum atomic E-state index is -0.675. The van der Waals surface area contributed by atoms with Crippen LogP contribution >= 0.6 is 0 Å². The van der Waals surface area contributed by atoms with Gasteiger partial charge in [0, 0.05) is 25.0 Å². The fourth-order valence-corrected chi connectivity index (χ4v) is 2.82. The van der Waals surface area contributed by atoms with E-state index >= 15 is 0 Å². The second-order valence-corrected chi connectivity index (χ2v) is 8.33. The molecule has 0 heterocycles. The van der Waals surface area contributed by atoms with Crippen molar-refractivity contribution in [2.45, 2.75) is 58.7 Å². The summed E-state index contributed by atoms with van der Waals surface area (Å²) in [7, 11) is 1.63. The number of esters is 1. The molecule has 2 aromatic carbocycles. The van der Waals surface area contributed by atoms with Crippen molar-refractivity contribution in [1.29, 1.82) is 0 Å². The number of ether oxygens (including phenoxy) is 2. The van der Waals surface area contributed by atoms with Gasteiger partial charge in [0.2, 0.25) is 0 Å². The molecule has 6 heteroatoms. The number of carbonyl (C=O) groups is 1. The number of benzene rings is 2. The van der Waals surface area contributed by atoms with Crippen LogP contribution in [0.25, 0.3) is 0 Å². The van der Waals surface area contributed by atoms with Crippen LogP contribution in [-0.2, 0) is 11.3 Å². The molecule has 0 saturated carbocycles. The second-order valence-electron chi connectivity index (χ2n) is 8.33. The standard InChI is InChI=1S/C24H34N2O4/c1-6-7-23(28)30-22-13-10-18(21(27)16-26-24(2,3)4)14-20(22)25-15-17-8-11-19(29-5)12-9-17/h8-14,21,25-27H,6-7,15-16H2,1-5H3. The number of nitrogens with one attached hydrogen (secondary N) is 2. The number of β-amino-alcohol motifs (C(OH)–C–C–N with tert-alkyl or cyclic N) is 1. The van der Waals surface area contributed by atoms with Gasteiger partial charge in [-0.2, -0.15) is 0 Å². The zero-order chi connectivity index (χ0) is 22.1. The van der Waals surface area contributed by atoms with E-state index in [0.29, 0.717) is 30.9 Å². The third kappa shape index (κ3) is 7.69. The molecule has 0 bridgehead atoms. The highest BCUT2D eigenvalue weighted by molar-refractivity contribution is 5.75. The third-order valence-electron chi connectivity index (χ3n) is 4.53. The van der Waals surface area contributed by atoms with Crippen molar-refractivity contribution in [1.82, 2.24) is 5.32 Å². The fourth-order valence-electron chi connectivity index (χ4n) is 2.82. The Morgan fingerprint density at radius 1 is 1.13 bits per heavy atom. The van der Waals surface area contributed by atoms with Gasteiger partial charge < -0.3 is 25.2 Å². The number of aliphatic hydroxyl groups excluding tert-OH is 1. The van der Waals surface area contributed by atoms with Gasteiger partial charge in [-0.15, -0.1) is 0 Å². The molecule has 1 atom stereocenters. The maximum atomic E-state index is 12.0. The summed E-state index contributed by atoms with van der Waals surface area (Å²) >= 11 is 0. The SMILES string of the molecule is CCCC(=O)Oc1ccc(C(O)CNC(C)(C)C)cc1NCc1ccc(OC)cc1. The number of methoxy groups -OCH3 is 1. The van der Waals surface area contributed by atoms with E-state index < -0.39 is 6.10 Å². The molecule has 0 aliphatic carbocycles. The van der Waals surface area contributed by atoms with Gasteiger partial charge in [0.15, 0.2) is 5.75 Å². The Bertz CT molecular complexity index is 813. The molecule has 0 fully saturated rings. The Hall–Kier alpha value is -2.57. The van der Waals surface area contributed by atoms with Gasteiger partial charge in [0.1, 0.15) is 5.75 Å². The van der Waals surface area contributed by atoms with Gasteiger partial charge in [-0.25, -0.2) is 0 Å². The highest BCUT2D eigenvalue weighted by Gasteiger charge is 2.16. The van der Waals surface area contributed by atoms with Gasteiger partial charge in [-0.05, 0) is 62.6 Å². The molecule has 0 saturated heterocycles. The van der Waals surface area contributed by atoms with E-state index in [1.54, 1.807) is 19.2 Å². The summed E-state index contributed by atoms with van der Waals surface area (Å²) in [6.07, 6.45) is 0.409. The zero-order valence-electron chi connectivity index (χ0n) is 18.6. The summed E-state index contributed by atoms with van der Waals surface area (Å²) in [5.74, 6) is 0.985. The van der Waals surface area contributed by atoms with Crippen LogP contribution in [0.15, 0.2) is 42.5 Å². The number of aliphatic hydroxyl groups is 1. The van der Waals surface area contributed by atoms with E-state index in [9.17, 15) is 9.90 Å². The average molecular weight is 415 g/mol. The lowest BCUT2D eigenvalue weighted by atomic mass is 10.0. The van der Waals surface area contributed by atoms with Crippen molar-refractivity contribution < 1.29 is 19.4 Å². The van der Waals surface area contributed by atoms with Crippen LogP contribution in [0.5, 0.6) is 11.5 Å². The highest BCUT2D eigenvalue weighted by Crippen LogP contribution is 2.30. The van der Waals surface area contributed by atoms with Crippen LogP contribution in [0.2, 0.25) is 0 Å². The minimum Gasteiger partial charge on any atom is -0.497 e. The first-order chi connectivity index (χ1) is 14.2. The lowest BCUT2D eigenvalue weighted by Crippen LogP contribution is -2.38. The van der Waals surface area contributed by atoms with Crippen LogP contribution in [0.3, 0.4) is 0 Å². The molecule has 2 rings (SSSR count). The van der Waals surface area contributed by atoms with Gasteiger partial charge >= 0.3 is 5.97 Å². The van der Waals surface area contributed by atoms with Crippen molar-refractivity contribution in [2.75, 3.05) is 19.0 Å². The topological polar surface area (TPSA) is 79.8 Å². The molecule has 6 nitrogen and oxygen atoms in total. The summed E-state index contributed by atoms with van der Waals surface area (Å²) in [4.78, 5) is 12.0. The molecule has 3 N–H and O–H groups in total. The summed E-state index contributed by atoms with van der Waals surface area (Å²) in [6.45, 7) is 9.07. The lowest BCUT2D eigenvalue weighted by molar-refractivity contribution is -0.134. The first kappa shape index (κ1) is 23.7. The first-order valence-electron chi connectivity index (χ1n) is 10.4. The molecule has 0 radical (unpaired) electrons. The second kappa shape index (κ2) is 11.0. The van der Waals surface area contributed by atoms with Crippen LogP contribution in [0, 0.1) is 0 Å². The number of hydrogen-bond acceptors (Lipinski definition) is 6. The fraction of sp³-hybridized carbons (Fsp3) is 0.458. The van der Waals surface area contributed by atoms with Crippen LogP contribution in [0.1, 0.15) is 57.8 Å². The predicted molar refractivity (Wildman–Crippen MR) is 120 cm³/mol. The molecule has 0 amide bonds. The van der Waals surface area contributed by atoms with Crippen molar-refractivity contribution >= 4 is 11.7 Å². The molecule has 1 unspecified atom stereocenters. The van der Waals surface area contributed by atoms with Gasteiger partial charge in [-0.1, -0.05) is 25.1 Å². The Labute approximate surface area is 179 Å². The van der Waals surface area contributed by atoms with Crippen molar-refractivity contribution in [3.63, 3.8) is 0 Å². The molecule has 30 heavy (non-hydrogen) atoms. The largest absolute Gasteiger partial charge is 0.497 e. The normalized spacial score (nSPS) is 12.3. The average Bonchev–Trinajstić information content (AvgIpc) is 2.71. The van der Waals surface area contributed by atoms with E-state index in [0.717, 1.165) is 23.3 Å². The minimum absolute atomic E-state index is 0.0912. The van der Waals surface area contributed by atoms with Crippen molar-refractivity contribution in [2.24, 2.45) is 0 Å². The van der Waals surface area contributed by atoms with E-state index in [-0.39, 0.29) is 11.5 Å². The number of carbonyl (C=O) groups excluding carboxylic acids is 1. The predicted octanol–water partition coefficient (Wildman–Crippen LogP) is 4.43. The molecular weight excluding hydrogens is 380 g/mol. The van der Waals surface area contributed by atoms with E-state index in [1.807, 2.05) is 37.3 Å². The summed E-state index contributed by atoms with van der Waals surface area (Å²) < 4.78 is 10.7. The van der Waals surface area contributed by atoms with Crippen LogP contribution in [0.4, 0.5) is 5.69 Å². The maximum Gasteiger partial charge on any atom is 0.311 e. The molecule has 0 spiro atoms. The van der Waals surface area contributed by atoms with Gasteiger partial charge in [0.05, 0.1) is 18.9 Å². The Morgan fingerprint density at radius 3 is 2.43 bits per heavy atom. The van der Waals surface area contributed by atoms with Crippen molar-refractivity contribution in [3.8, 4) is 11.5 Å². The maximum absolute atomic E-state index is 12.0. The smallest absolute Gasteiger partial charge is 0.311 e. The molecule has 2 aromatic rings. The summed E-state index contributed by atoms with van der Waals surface area (Å²) in [5.41, 5.74) is 2.38. The Kier molecular flexibility index (Phi) is 8.69. The molecule has 0 aliphatic rings. The zero-order valence-corrected chi connectivity index (χ0v) is 18.6. The molecule has 0 aromatic heterocycles. The summed E-state index contributed by atoms with van der Waals surface area (Å²) in [6, 6.07) is 13.1. The van der Waals surface area contributed by atoms with Crippen LogP contribution in [-0.4, -0.2) is 30.3 Å². The number of anilines is 1. The van der Waals surface area contributed by atoms with Gasteiger partial charge in [-0.3, -0.25) is 4.79 Å². The first-order valence-corrected chi connectivity index (χ1v) is 10.4. The Balaban J connectivity index is 2.18. The monoisotopic (exact) mass is 414 g/mol. The third-order valence-corrected chi connectivity index (χ3v) is 4.53. The molecular formula is C24H34N2O4. The van der Waals surface area contributed by atoms with Crippen molar-refractivity contribution in [3.05, 3.63) is 53.6 Å². The Morgan fingerprint density at radius 2 is 1.83 bits per heavy atom. The van der Waals surface area contributed by atoms with E-state index in [1.165, 1.54) is 0 Å². The summed E-state index contributed by atoms with van der Waals surface area (Å²) in [5, 5.41) is 17.2. The molecule has 164 valence electrons. The number of rotatable bonds is 10. The number of hydrogen-bond donors (Lipinski definition) is 3. The highest BCUT2D eigenvalue weighted by atomic mass is 16.5. The molecule has 0 aliphatic heterocycles. The quantitative estimate of drug-likeness (QED) is 0.394. The lowest BCUT2D eigenvalue weighted by Gasteiger charge is -2.23. The van der Waals surface area contributed by atoms with E-state index in [4.69, 9.17) is 9.47 Å². The van der Waals surface area contributed by atoms with E-state index in [2.05, 4.69) is 31.4 Å². The van der Waals surface area contributed by atoms with Gasteiger partial charge in [0.25, 0.3) is 0 Å².